The molecule has 4 nitrogen and oxygen atoms in total. The van der Waals surface area contributed by atoms with Crippen LogP contribution in [0.1, 0.15) is 29.6 Å². The van der Waals surface area contributed by atoms with Gasteiger partial charge in [0.2, 0.25) is 0 Å². The lowest BCUT2D eigenvalue weighted by atomic mass is 10.2. The molecule has 2 heterocycles. The highest BCUT2D eigenvalue weighted by molar-refractivity contribution is 5.93. The van der Waals surface area contributed by atoms with Crippen molar-refractivity contribution in [3.8, 4) is 0 Å². The number of hydrogen-bond donors (Lipinski definition) is 0. The zero-order chi connectivity index (χ0) is 10.1. The first kappa shape index (κ1) is 9.24. The molecule has 1 unspecified atom stereocenters. The molecule has 4 heteroatoms. The van der Waals surface area contributed by atoms with Gasteiger partial charge in [0.05, 0.1) is 0 Å². The third-order valence-electron chi connectivity index (χ3n) is 2.66. The summed E-state index contributed by atoms with van der Waals surface area (Å²) in [4.78, 5) is 17.6. The smallest absolute Gasteiger partial charge is 0.276 e. The molecule has 0 saturated carbocycles. The molecule has 1 saturated heterocycles. The van der Waals surface area contributed by atoms with E-state index in [9.17, 15) is 4.79 Å². The second-order valence-corrected chi connectivity index (χ2v) is 3.90. The first-order valence-electron chi connectivity index (χ1n) is 4.88. The maximum Gasteiger partial charge on any atom is 0.276 e. The number of carbonyl (C=O) groups excluding carboxylic acids is 1. The van der Waals surface area contributed by atoms with Crippen LogP contribution in [0.15, 0.2) is 10.8 Å². The molecule has 1 fully saturated rings. The van der Waals surface area contributed by atoms with Gasteiger partial charge in [-0.05, 0) is 19.3 Å². The number of aryl methyl sites for hydroxylation is 1. The minimum atomic E-state index is 0.000556. The molecule has 1 aliphatic rings. The van der Waals surface area contributed by atoms with Crippen molar-refractivity contribution in [1.82, 2.24) is 9.88 Å². The second-order valence-electron chi connectivity index (χ2n) is 3.90. The lowest BCUT2D eigenvalue weighted by molar-refractivity contribution is 0.0781. The molecule has 14 heavy (non-hydrogen) atoms. The quantitative estimate of drug-likeness (QED) is 0.680. The molecule has 0 spiro atoms. The summed E-state index contributed by atoms with van der Waals surface area (Å²) >= 11 is 0. The van der Waals surface area contributed by atoms with E-state index >= 15 is 0 Å². The minimum absolute atomic E-state index is 0.000556. The molecule has 0 aliphatic carbocycles. The van der Waals surface area contributed by atoms with Crippen molar-refractivity contribution in [1.29, 1.82) is 0 Å². The summed E-state index contributed by atoms with van der Waals surface area (Å²) in [5, 5.41) is 0. The number of nitrogens with zero attached hydrogens (tertiary/aromatic N) is 2. The third kappa shape index (κ3) is 1.52. The van der Waals surface area contributed by atoms with Gasteiger partial charge in [-0.2, -0.15) is 0 Å². The molecule has 1 aliphatic heterocycles. The molecule has 2 rings (SSSR count). The van der Waals surface area contributed by atoms with Gasteiger partial charge in [0.15, 0.2) is 12.1 Å². The van der Waals surface area contributed by atoms with Crippen molar-refractivity contribution in [3.05, 3.63) is 17.8 Å². The topological polar surface area (TPSA) is 46.3 Å². The summed E-state index contributed by atoms with van der Waals surface area (Å²) in [6.07, 6.45) is 2.41. The predicted octanol–water partition coefficient (Wildman–Crippen LogP) is 1.47. The Bertz CT molecular complexity index is 346. The van der Waals surface area contributed by atoms with E-state index in [2.05, 4.69) is 11.9 Å². The van der Waals surface area contributed by atoms with Gasteiger partial charge < -0.3 is 9.32 Å². The van der Waals surface area contributed by atoms with Gasteiger partial charge in [0.1, 0.15) is 5.76 Å². The number of likely N-dealkylation sites (tertiary alicyclic amines) is 1. The monoisotopic (exact) mass is 194 g/mol. The van der Waals surface area contributed by atoms with E-state index in [1.807, 2.05) is 4.90 Å². The number of rotatable bonds is 1. The van der Waals surface area contributed by atoms with Crippen LogP contribution in [0.25, 0.3) is 0 Å². The number of oxazole rings is 1. The average Bonchev–Trinajstić information content (AvgIpc) is 2.73. The minimum Gasteiger partial charge on any atom is -0.448 e. The zero-order valence-corrected chi connectivity index (χ0v) is 8.49. The van der Waals surface area contributed by atoms with E-state index in [4.69, 9.17) is 4.42 Å². The molecular formula is C10H14N2O2. The first-order chi connectivity index (χ1) is 6.68. The Morgan fingerprint density at radius 1 is 1.71 bits per heavy atom. The predicted molar refractivity (Wildman–Crippen MR) is 50.9 cm³/mol. The molecule has 0 bridgehead atoms. The van der Waals surface area contributed by atoms with Crippen LogP contribution in [0.4, 0.5) is 0 Å². The Hall–Kier alpha value is -1.32. The van der Waals surface area contributed by atoms with Gasteiger partial charge in [0, 0.05) is 13.1 Å². The van der Waals surface area contributed by atoms with Crippen molar-refractivity contribution in [2.75, 3.05) is 13.1 Å². The van der Waals surface area contributed by atoms with E-state index in [1.165, 1.54) is 6.39 Å². The molecule has 1 aromatic rings. The Morgan fingerprint density at radius 2 is 2.50 bits per heavy atom. The summed E-state index contributed by atoms with van der Waals surface area (Å²) in [5.41, 5.74) is 0.458. The average molecular weight is 194 g/mol. The van der Waals surface area contributed by atoms with E-state index in [-0.39, 0.29) is 5.91 Å². The highest BCUT2D eigenvalue weighted by Gasteiger charge is 2.26. The maximum atomic E-state index is 11.9. The Labute approximate surface area is 82.9 Å². The van der Waals surface area contributed by atoms with Crippen LogP contribution in [-0.2, 0) is 0 Å². The van der Waals surface area contributed by atoms with Crippen molar-refractivity contribution < 1.29 is 9.21 Å². The molecule has 0 aromatic carbocycles. The summed E-state index contributed by atoms with van der Waals surface area (Å²) in [7, 11) is 0. The van der Waals surface area contributed by atoms with Crippen molar-refractivity contribution >= 4 is 5.91 Å². The van der Waals surface area contributed by atoms with Crippen LogP contribution in [-0.4, -0.2) is 28.9 Å². The third-order valence-corrected chi connectivity index (χ3v) is 2.66. The van der Waals surface area contributed by atoms with E-state index in [0.717, 1.165) is 19.5 Å². The Balaban J connectivity index is 2.13. The van der Waals surface area contributed by atoms with Crippen molar-refractivity contribution in [2.45, 2.75) is 20.3 Å². The van der Waals surface area contributed by atoms with Gasteiger partial charge in [-0.25, -0.2) is 4.98 Å². The molecule has 76 valence electrons. The van der Waals surface area contributed by atoms with E-state index < -0.39 is 0 Å². The fourth-order valence-electron chi connectivity index (χ4n) is 1.78. The normalized spacial score (nSPS) is 21.6. The van der Waals surface area contributed by atoms with E-state index in [0.29, 0.717) is 17.4 Å². The lowest BCUT2D eigenvalue weighted by Gasteiger charge is -2.13. The summed E-state index contributed by atoms with van der Waals surface area (Å²) < 4.78 is 5.01. The molecule has 0 N–H and O–H groups in total. The largest absolute Gasteiger partial charge is 0.448 e. The van der Waals surface area contributed by atoms with Crippen LogP contribution < -0.4 is 0 Å². The molecule has 0 radical (unpaired) electrons. The van der Waals surface area contributed by atoms with Crippen LogP contribution in [0.3, 0.4) is 0 Å². The summed E-state index contributed by atoms with van der Waals surface area (Å²) in [5.74, 6) is 1.21. The molecule has 1 amide bonds. The Morgan fingerprint density at radius 3 is 3.00 bits per heavy atom. The van der Waals surface area contributed by atoms with Gasteiger partial charge >= 0.3 is 0 Å². The highest BCUT2D eigenvalue weighted by atomic mass is 16.3. The van der Waals surface area contributed by atoms with Crippen LogP contribution in [0.5, 0.6) is 0 Å². The molecular weight excluding hydrogens is 180 g/mol. The van der Waals surface area contributed by atoms with Crippen molar-refractivity contribution in [3.63, 3.8) is 0 Å². The fourth-order valence-corrected chi connectivity index (χ4v) is 1.78. The number of aromatic nitrogens is 1. The summed E-state index contributed by atoms with van der Waals surface area (Å²) in [6, 6.07) is 0. The van der Waals surface area contributed by atoms with Crippen LogP contribution in [0, 0.1) is 12.8 Å². The summed E-state index contributed by atoms with van der Waals surface area (Å²) in [6.45, 7) is 5.60. The van der Waals surface area contributed by atoms with Gasteiger partial charge in [-0.1, -0.05) is 6.92 Å². The number of hydrogen-bond acceptors (Lipinski definition) is 3. The highest BCUT2D eigenvalue weighted by Crippen LogP contribution is 2.18. The van der Waals surface area contributed by atoms with Crippen LogP contribution in [0.2, 0.25) is 0 Å². The van der Waals surface area contributed by atoms with Gasteiger partial charge in [-0.15, -0.1) is 0 Å². The van der Waals surface area contributed by atoms with E-state index in [1.54, 1.807) is 6.92 Å². The van der Waals surface area contributed by atoms with Gasteiger partial charge in [0.25, 0.3) is 5.91 Å². The lowest BCUT2D eigenvalue weighted by Crippen LogP contribution is -2.29. The Kier molecular flexibility index (Phi) is 2.27. The molecule has 1 atom stereocenters. The molecule has 1 aromatic heterocycles. The number of carbonyl (C=O) groups is 1. The SMILES string of the molecule is Cc1ocnc1C(=O)N1CCC(C)C1. The zero-order valence-electron chi connectivity index (χ0n) is 8.49. The standard InChI is InChI=1S/C10H14N2O2/c1-7-3-4-12(5-7)10(13)9-8(2)14-6-11-9/h6-7H,3-5H2,1-2H3. The first-order valence-corrected chi connectivity index (χ1v) is 4.88. The second kappa shape index (κ2) is 3.44. The van der Waals surface area contributed by atoms with Gasteiger partial charge in [-0.3, -0.25) is 4.79 Å². The fraction of sp³-hybridized carbons (Fsp3) is 0.600. The van der Waals surface area contributed by atoms with Crippen LogP contribution >= 0.6 is 0 Å². The number of amides is 1. The maximum absolute atomic E-state index is 11.9. The van der Waals surface area contributed by atoms with Crippen molar-refractivity contribution in [2.24, 2.45) is 5.92 Å².